The first kappa shape index (κ1) is 19.3. The van der Waals surface area contributed by atoms with Crippen LogP contribution in [0.25, 0.3) is 0 Å². The topological polar surface area (TPSA) is 52.0 Å². The number of likely N-dealkylation sites (N-methyl/N-ethyl adjacent to an activating group) is 1. The number of aryl methyl sites for hydroxylation is 1. The summed E-state index contributed by atoms with van der Waals surface area (Å²) in [5.74, 6) is 1.49. The van der Waals surface area contributed by atoms with Gasteiger partial charge in [-0.3, -0.25) is 4.79 Å². The molecule has 2 N–H and O–H groups in total. The fourth-order valence-electron chi connectivity index (χ4n) is 2.57. The Morgan fingerprint density at radius 3 is 2.36 bits per heavy atom. The van der Waals surface area contributed by atoms with Crippen LogP contribution in [0, 0.1) is 6.92 Å². The first-order chi connectivity index (χ1) is 11.9. The van der Waals surface area contributed by atoms with Gasteiger partial charge in [-0.05, 0) is 47.1 Å². The van der Waals surface area contributed by atoms with Crippen LogP contribution in [0.2, 0.25) is 0 Å². The number of amides is 1. The Bertz CT molecular complexity index is 732. The third-order valence-electron chi connectivity index (χ3n) is 3.84. The molecule has 1 atom stereocenters. The number of nitrogens with one attached hydrogen (secondary N) is 2. The molecular weight excluding hydrogens is 384 g/mol. The number of quaternary nitrogens is 1. The lowest BCUT2D eigenvalue weighted by Gasteiger charge is -2.17. The Morgan fingerprint density at radius 1 is 1.12 bits per heavy atom. The molecule has 1 amide bonds. The molecular formula is C19H24BrN2O3+. The van der Waals surface area contributed by atoms with Crippen molar-refractivity contribution in [2.45, 2.75) is 13.5 Å². The van der Waals surface area contributed by atoms with Crippen molar-refractivity contribution in [2.75, 3.05) is 33.1 Å². The first-order valence-corrected chi connectivity index (χ1v) is 8.80. The van der Waals surface area contributed by atoms with E-state index in [9.17, 15) is 4.79 Å². The zero-order valence-corrected chi connectivity index (χ0v) is 16.6. The SMILES string of the molecule is COc1cc(C[NH+](C)CC(=O)Nc2ccc(C)cc2)c(OC)cc1Br. The van der Waals surface area contributed by atoms with Gasteiger partial charge in [-0.15, -0.1) is 0 Å². The number of hydrogen-bond acceptors (Lipinski definition) is 3. The Kier molecular flexibility index (Phi) is 6.84. The van der Waals surface area contributed by atoms with Crippen molar-refractivity contribution in [3.05, 3.63) is 52.0 Å². The molecule has 2 aromatic rings. The minimum absolute atomic E-state index is 0.0237. The molecule has 0 radical (unpaired) electrons. The van der Waals surface area contributed by atoms with Gasteiger partial charge in [-0.2, -0.15) is 0 Å². The van der Waals surface area contributed by atoms with Gasteiger partial charge < -0.3 is 19.7 Å². The minimum atomic E-state index is -0.0237. The van der Waals surface area contributed by atoms with Crippen molar-refractivity contribution in [1.29, 1.82) is 0 Å². The summed E-state index contributed by atoms with van der Waals surface area (Å²) in [6, 6.07) is 11.6. The minimum Gasteiger partial charge on any atom is -0.496 e. The normalized spacial score (nSPS) is 11.7. The molecule has 0 fully saturated rings. The average molecular weight is 408 g/mol. The molecule has 6 heteroatoms. The molecule has 25 heavy (non-hydrogen) atoms. The number of methoxy groups -OCH3 is 2. The highest BCUT2D eigenvalue weighted by atomic mass is 79.9. The monoisotopic (exact) mass is 407 g/mol. The number of halogens is 1. The van der Waals surface area contributed by atoms with Gasteiger partial charge in [0.2, 0.25) is 0 Å². The third kappa shape index (κ3) is 5.47. The number of anilines is 1. The maximum Gasteiger partial charge on any atom is 0.279 e. The van der Waals surface area contributed by atoms with Crippen molar-refractivity contribution in [2.24, 2.45) is 0 Å². The smallest absolute Gasteiger partial charge is 0.279 e. The van der Waals surface area contributed by atoms with Gasteiger partial charge in [0.15, 0.2) is 6.54 Å². The molecule has 1 unspecified atom stereocenters. The molecule has 0 saturated carbocycles. The lowest BCUT2D eigenvalue weighted by atomic mass is 10.1. The second-order valence-corrected chi connectivity index (χ2v) is 6.88. The first-order valence-electron chi connectivity index (χ1n) is 8.01. The highest BCUT2D eigenvalue weighted by Crippen LogP contribution is 2.32. The second kappa shape index (κ2) is 8.87. The van der Waals surface area contributed by atoms with Crippen LogP contribution in [0.1, 0.15) is 11.1 Å². The summed E-state index contributed by atoms with van der Waals surface area (Å²) >= 11 is 3.45. The molecule has 0 aliphatic rings. The second-order valence-electron chi connectivity index (χ2n) is 6.02. The maximum absolute atomic E-state index is 12.2. The van der Waals surface area contributed by atoms with E-state index in [2.05, 4.69) is 21.2 Å². The van der Waals surface area contributed by atoms with Crippen molar-refractivity contribution >= 4 is 27.5 Å². The lowest BCUT2D eigenvalue weighted by molar-refractivity contribution is -0.885. The molecule has 0 aliphatic carbocycles. The van der Waals surface area contributed by atoms with Crippen LogP contribution in [0.15, 0.2) is 40.9 Å². The summed E-state index contributed by atoms with van der Waals surface area (Å²) in [7, 11) is 5.24. The summed E-state index contributed by atoms with van der Waals surface area (Å²) in [6.07, 6.45) is 0. The molecule has 0 saturated heterocycles. The fraction of sp³-hybridized carbons (Fsp3) is 0.316. The van der Waals surface area contributed by atoms with E-state index in [1.807, 2.05) is 50.4 Å². The average Bonchev–Trinajstić information content (AvgIpc) is 2.57. The van der Waals surface area contributed by atoms with E-state index in [1.165, 1.54) is 0 Å². The number of ether oxygens (including phenoxy) is 2. The van der Waals surface area contributed by atoms with E-state index in [0.29, 0.717) is 13.1 Å². The molecule has 134 valence electrons. The van der Waals surface area contributed by atoms with Gasteiger partial charge >= 0.3 is 0 Å². The summed E-state index contributed by atoms with van der Waals surface area (Å²) in [5, 5.41) is 2.92. The van der Waals surface area contributed by atoms with E-state index < -0.39 is 0 Å². The summed E-state index contributed by atoms with van der Waals surface area (Å²) < 4.78 is 11.6. The molecule has 0 bridgehead atoms. The predicted octanol–water partition coefficient (Wildman–Crippen LogP) is 2.43. The van der Waals surface area contributed by atoms with Crippen molar-refractivity contribution < 1.29 is 19.2 Å². The predicted molar refractivity (Wildman–Crippen MR) is 103 cm³/mol. The maximum atomic E-state index is 12.2. The van der Waals surface area contributed by atoms with E-state index in [0.717, 1.165) is 37.7 Å². The quantitative estimate of drug-likeness (QED) is 0.740. The molecule has 0 aliphatic heterocycles. The fourth-order valence-corrected chi connectivity index (χ4v) is 3.05. The van der Waals surface area contributed by atoms with Gasteiger partial charge in [0.25, 0.3) is 5.91 Å². The lowest BCUT2D eigenvalue weighted by Crippen LogP contribution is -3.08. The van der Waals surface area contributed by atoms with Crippen LogP contribution in [0.4, 0.5) is 5.69 Å². The number of benzene rings is 2. The van der Waals surface area contributed by atoms with Crippen LogP contribution < -0.4 is 19.7 Å². The van der Waals surface area contributed by atoms with Crippen LogP contribution in [0.5, 0.6) is 11.5 Å². The van der Waals surface area contributed by atoms with Crippen LogP contribution >= 0.6 is 15.9 Å². The summed E-state index contributed by atoms with van der Waals surface area (Å²) in [4.78, 5) is 13.3. The van der Waals surface area contributed by atoms with Crippen molar-refractivity contribution in [1.82, 2.24) is 0 Å². The Balaban J connectivity index is 2.00. The van der Waals surface area contributed by atoms with E-state index in [1.54, 1.807) is 14.2 Å². The molecule has 5 nitrogen and oxygen atoms in total. The molecule has 0 spiro atoms. The summed E-state index contributed by atoms with van der Waals surface area (Å²) in [5.41, 5.74) is 2.96. The molecule has 0 aromatic heterocycles. The zero-order valence-electron chi connectivity index (χ0n) is 15.0. The zero-order chi connectivity index (χ0) is 18.4. The Labute approximate surface area is 157 Å². The van der Waals surface area contributed by atoms with Crippen molar-refractivity contribution in [3.8, 4) is 11.5 Å². The number of carbonyl (C=O) groups is 1. The van der Waals surface area contributed by atoms with Gasteiger partial charge in [0.1, 0.15) is 18.0 Å². The Morgan fingerprint density at radius 2 is 1.76 bits per heavy atom. The summed E-state index contributed by atoms with van der Waals surface area (Å²) in [6.45, 7) is 3.02. The van der Waals surface area contributed by atoms with Crippen LogP contribution in [0.3, 0.4) is 0 Å². The van der Waals surface area contributed by atoms with Gasteiger partial charge in [0, 0.05) is 5.69 Å². The van der Waals surface area contributed by atoms with Crippen molar-refractivity contribution in [3.63, 3.8) is 0 Å². The standard InChI is InChI=1S/C19H23BrN2O3/c1-13-5-7-15(8-6-13)21-19(23)12-22(2)11-14-9-18(25-4)16(20)10-17(14)24-3/h5-10H,11-12H2,1-4H3,(H,21,23)/p+1. The largest absolute Gasteiger partial charge is 0.496 e. The molecule has 0 heterocycles. The van der Waals surface area contributed by atoms with Crippen LogP contribution in [-0.2, 0) is 11.3 Å². The van der Waals surface area contributed by atoms with Gasteiger partial charge in [-0.25, -0.2) is 0 Å². The highest BCUT2D eigenvalue weighted by molar-refractivity contribution is 9.10. The van der Waals surface area contributed by atoms with E-state index in [-0.39, 0.29) is 5.91 Å². The van der Waals surface area contributed by atoms with Gasteiger partial charge in [0.05, 0.1) is 31.3 Å². The van der Waals surface area contributed by atoms with E-state index in [4.69, 9.17) is 9.47 Å². The third-order valence-corrected chi connectivity index (χ3v) is 4.46. The van der Waals surface area contributed by atoms with E-state index >= 15 is 0 Å². The Hall–Kier alpha value is -2.05. The number of rotatable bonds is 7. The van der Waals surface area contributed by atoms with Gasteiger partial charge in [-0.1, -0.05) is 17.7 Å². The highest BCUT2D eigenvalue weighted by Gasteiger charge is 2.16. The molecule has 2 rings (SSSR count). The number of hydrogen-bond donors (Lipinski definition) is 2. The molecule has 2 aromatic carbocycles. The van der Waals surface area contributed by atoms with Crippen LogP contribution in [-0.4, -0.2) is 33.7 Å². The number of carbonyl (C=O) groups excluding carboxylic acids is 1.